The highest BCUT2D eigenvalue weighted by Gasteiger charge is 2.34. The van der Waals surface area contributed by atoms with Gasteiger partial charge in [0.2, 0.25) is 0 Å². The molecule has 0 heterocycles. The minimum Gasteiger partial charge on any atom is -0.478 e. The summed E-state index contributed by atoms with van der Waals surface area (Å²) in [4.78, 5) is 11.2. The van der Waals surface area contributed by atoms with Crippen molar-refractivity contribution in [3.8, 4) is 0 Å². The smallest absolute Gasteiger partial charge is 0.417 e. The Balaban J connectivity index is 3.27. The van der Waals surface area contributed by atoms with Gasteiger partial charge in [-0.2, -0.15) is 13.2 Å². The van der Waals surface area contributed by atoms with Crippen LogP contribution in [0.4, 0.5) is 13.2 Å². The molecule has 3 nitrogen and oxygen atoms in total. The predicted molar refractivity (Wildman–Crippen MR) is 69.9 cm³/mol. The summed E-state index contributed by atoms with van der Waals surface area (Å²) in [6.45, 7) is 3.70. The van der Waals surface area contributed by atoms with E-state index in [1.54, 1.807) is 0 Å². The van der Waals surface area contributed by atoms with E-state index in [1.165, 1.54) is 12.1 Å². The Morgan fingerprint density at radius 1 is 1.40 bits per heavy atom. The minimum atomic E-state index is -4.60. The first-order valence-electron chi connectivity index (χ1n) is 6.13. The zero-order valence-corrected chi connectivity index (χ0v) is 11.2. The maximum atomic E-state index is 12.9. The number of carbonyl (C=O) groups is 1. The molecule has 0 aliphatic rings. The lowest BCUT2D eigenvalue weighted by Gasteiger charge is -2.14. The highest BCUT2D eigenvalue weighted by Crippen LogP contribution is 2.34. The molecule has 0 saturated carbocycles. The number of aliphatic carboxylic acids is 1. The number of benzene rings is 1. The molecule has 20 heavy (non-hydrogen) atoms. The Hall–Kier alpha value is -1.98. The molecule has 0 amide bonds. The summed E-state index contributed by atoms with van der Waals surface area (Å²) in [7, 11) is 0. The number of alkyl halides is 3. The monoisotopic (exact) mass is 287 g/mol. The lowest BCUT2D eigenvalue weighted by molar-refractivity contribution is -0.137. The predicted octanol–water partition coefficient (Wildman–Crippen LogP) is 3.52. The molecule has 0 spiro atoms. The van der Waals surface area contributed by atoms with Crippen molar-refractivity contribution >= 4 is 11.5 Å². The van der Waals surface area contributed by atoms with E-state index in [0.29, 0.717) is 0 Å². The SMILES string of the molecule is CCC(C)N/C=C(/C(=O)O)c1ccccc1C(F)(F)F. The molecular formula is C14H16F3NO2. The summed E-state index contributed by atoms with van der Waals surface area (Å²) in [6.07, 6.45) is -2.74. The van der Waals surface area contributed by atoms with Crippen LogP contribution in [0.25, 0.3) is 5.57 Å². The Kier molecular flexibility index (Phi) is 5.19. The van der Waals surface area contributed by atoms with E-state index in [2.05, 4.69) is 5.32 Å². The maximum Gasteiger partial charge on any atom is 0.417 e. The van der Waals surface area contributed by atoms with Gasteiger partial charge in [0.25, 0.3) is 0 Å². The Labute approximate surface area is 115 Å². The van der Waals surface area contributed by atoms with E-state index in [9.17, 15) is 18.0 Å². The van der Waals surface area contributed by atoms with E-state index in [1.807, 2.05) is 13.8 Å². The zero-order valence-electron chi connectivity index (χ0n) is 11.2. The van der Waals surface area contributed by atoms with Gasteiger partial charge in [0, 0.05) is 17.8 Å². The summed E-state index contributed by atoms with van der Waals surface area (Å²) >= 11 is 0. The van der Waals surface area contributed by atoms with Gasteiger partial charge in [-0.1, -0.05) is 25.1 Å². The van der Waals surface area contributed by atoms with Gasteiger partial charge < -0.3 is 10.4 Å². The maximum absolute atomic E-state index is 12.9. The van der Waals surface area contributed by atoms with Crippen molar-refractivity contribution in [2.75, 3.05) is 0 Å². The number of hydrogen-bond donors (Lipinski definition) is 2. The minimum absolute atomic E-state index is 0.0256. The molecule has 0 saturated heterocycles. The third-order valence-electron chi connectivity index (χ3n) is 2.88. The van der Waals surface area contributed by atoms with Gasteiger partial charge in [-0.3, -0.25) is 0 Å². The Morgan fingerprint density at radius 2 is 2.00 bits per heavy atom. The molecule has 0 aliphatic heterocycles. The van der Waals surface area contributed by atoms with Crippen LogP contribution >= 0.6 is 0 Å². The van der Waals surface area contributed by atoms with Crippen LogP contribution in [0.15, 0.2) is 30.5 Å². The third-order valence-corrected chi connectivity index (χ3v) is 2.88. The van der Waals surface area contributed by atoms with E-state index in [0.717, 1.165) is 24.8 Å². The van der Waals surface area contributed by atoms with Gasteiger partial charge in [-0.05, 0) is 19.4 Å². The largest absolute Gasteiger partial charge is 0.478 e. The topological polar surface area (TPSA) is 49.3 Å². The van der Waals surface area contributed by atoms with Crippen molar-refractivity contribution in [1.82, 2.24) is 5.32 Å². The zero-order chi connectivity index (χ0) is 15.3. The van der Waals surface area contributed by atoms with E-state index >= 15 is 0 Å². The van der Waals surface area contributed by atoms with Crippen molar-refractivity contribution in [1.29, 1.82) is 0 Å². The highest BCUT2D eigenvalue weighted by molar-refractivity contribution is 6.15. The molecule has 1 aromatic carbocycles. The highest BCUT2D eigenvalue weighted by atomic mass is 19.4. The standard InChI is InChI=1S/C14H16F3NO2/c1-3-9(2)18-8-11(13(19)20)10-6-4-5-7-12(10)14(15,16)17/h4-9,18H,3H2,1-2H3,(H,19,20)/b11-8+. The van der Waals surface area contributed by atoms with Gasteiger partial charge in [0.05, 0.1) is 11.1 Å². The number of carboxylic acids is 1. The molecule has 110 valence electrons. The van der Waals surface area contributed by atoms with Crippen LogP contribution in [0.5, 0.6) is 0 Å². The fourth-order valence-electron chi connectivity index (χ4n) is 1.56. The number of carboxylic acid groups (broad SMARTS) is 1. The lowest BCUT2D eigenvalue weighted by atomic mass is 10.00. The molecule has 0 aliphatic carbocycles. The Morgan fingerprint density at radius 3 is 2.50 bits per heavy atom. The first kappa shape index (κ1) is 16.1. The van der Waals surface area contributed by atoms with Crippen molar-refractivity contribution in [2.24, 2.45) is 0 Å². The second-order valence-corrected chi connectivity index (χ2v) is 4.38. The van der Waals surface area contributed by atoms with E-state index in [-0.39, 0.29) is 11.6 Å². The van der Waals surface area contributed by atoms with Crippen molar-refractivity contribution in [2.45, 2.75) is 32.5 Å². The fourth-order valence-corrected chi connectivity index (χ4v) is 1.56. The summed E-state index contributed by atoms with van der Waals surface area (Å²) in [5.74, 6) is -1.41. The molecule has 0 aromatic heterocycles. The van der Waals surface area contributed by atoms with Gasteiger partial charge in [-0.15, -0.1) is 0 Å². The first-order chi connectivity index (χ1) is 9.27. The van der Waals surface area contributed by atoms with Crippen LogP contribution in [0.2, 0.25) is 0 Å². The second-order valence-electron chi connectivity index (χ2n) is 4.38. The molecule has 0 radical (unpaired) electrons. The van der Waals surface area contributed by atoms with Gasteiger partial charge in [-0.25, -0.2) is 4.79 Å². The van der Waals surface area contributed by atoms with Crippen LogP contribution in [-0.4, -0.2) is 17.1 Å². The van der Waals surface area contributed by atoms with Crippen LogP contribution in [0, 0.1) is 0 Å². The number of hydrogen-bond acceptors (Lipinski definition) is 2. The fraction of sp³-hybridized carbons (Fsp3) is 0.357. The van der Waals surface area contributed by atoms with E-state index in [4.69, 9.17) is 5.11 Å². The summed E-state index contributed by atoms with van der Waals surface area (Å²) < 4.78 is 38.7. The normalized spacial score (nSPS) is 13.9. The molecular weight excluding hydrogens is 271 g/mol. The average molecular weight is 287 g/mol. The molecule has 0 bridgehead atoms. The second kappa shape index (κ2) is 6.45. The van der Waals surface area contributed by atoms with Crippen LogP contribution in [0.1, 0.15) is 31.4 Å². The van der Waals surface area contributed by atoms with Gasteiger partial charge in [0.1, 0.15) is 0 Å². The summed E-state index contributed by atoms with van der Waals surface area (Å²) in [6, 6.07) is 4.61. The van der Waals surface area contributed by atoms with Crippen molar-refractivity contribution in [3.05, 3.63) is 41.6 Å². The van der Waals surface area contributed by atoms with Crippen LogP contribution in [0.3, 0.4) is 0 Å². The van der Waals surface area contributed by atoms with Crippen LogP contribution in [-0.2, 0) is 11.0 Å². The molecule has 2 N–H and O–H groups in total. The van der Waals surface area contributed by atoms with Crippen molar-refractivity contribution in [3.63, 3.8) is 0 Å². The third kappa shape index (κ3) is 4.01. The molecule has 6 heteroatoms. The van der Waals surface area contributed by atoms with Gasteiger partial charge >= 0.3 is 12.1 Å². The number of halogens is 3. The molecule has 1 atom stereocenters. The van der Waals surface area contributed by atoms with Crippen LogP contribution < -0.4 is 5.32 Å². The summed E-state index contributed by atoms with van der Waals surface area (Å²) in [5, 5.41) is 11.9. The Bertz CT molecular complexity index is 509. The quantitative estimate of drug-likeness (QED) is 0.815. The number of rotatable bonds is 5. The lowest BCUT2D eigenvalue weighted by Crippen LogP contribution is -2.21. The van der Waals surface area contributed by atoms with Crippen molar-refractivity contribution < 1.29 is 23.1 Å². The molecule has 1 unspecified atom stereocenters. The van der Waals surface area contributed by atoms with E-state index < -0.39 is 23.3 Å². The average Bonchev–Trinajstić information content (AvgIpc) is 2.37. The number of nitrogens with one attached hydrogen (secondary N) is 1. The molecule has 0 fully saturated rings. The van der Waals surface area contributed by atoms with Gasteiger partial charge in [0.15, 0.2) is 0 Å². The molecule has 1 aromatic rings. The summed E-state index contributed by atoms with van der Waals surface area (Å²) in [5.41, 5.74) is -1.71. The molecule has 1 rings (SSSR count). The first-order valence-corrected chi connectivity index (χ1v) is 6.13.